The predicted molar refractivity (Wildman–Crippen MR) is 53.4 cm³/mol. The third-order valence-electron chi connectivity index (χ3n) is 2.49. The lowest BCUT2D eigenvalue weighted by atomic mass is 9.90. The molecule has 2 nitrogen and oxygen atoms in total. The SMILES string of the molecule is CCCC(O)(CCC)C1=CCCO1. The topological polar surface area (TPSA) is 29.5 Å². The number of rotatable bonds is 5. The second kappa shape index (κ2) is 4.66. The normalized spacial score (nSPS) is 17.0. The van der Waals surface area contributed by atoms with Crippen LogP contribution in [0.5, 0.6) is 0 Å². The molecule has 1 rings (SSSR count). The lowest BCUT2D eigenvalue weighted by molar-refractivity contribution is 0.00412. The first-order valence-corrected chi connectivity index (χ1v) is 5.28. The highest BCUT2D eigenvalue weighted by Gasteiger charge is 2.32. The minimum Gasteiger partial charge on any atom is -0.495 e. The molecule has 76 valence electrons. The van der Waals surface area contributed by atoms with Gasteiger partial charge in [0.25, 0.3) is 0 Å². The Bertz CT molecular complexity index is 179. The summed E-state index contributed by atoms with van der Waals surface area (Å²) in [5, 5.41) is 10.3. The zero-order valence-electron chi connectivity index (χ0n) is 8.68. The molecule has 0 saturated carbocycles. The Morgan fingerprint density at radius 2 is 2.00 bits per heavy atom. The predicted octanol–water partition coefficient (Wildman–Crippen LogP) is 2.62. The van der Waals surface area contributed by atoms with E-state index in [0.29, 0.717) is 0 Å². The molecule has 2 heteroatoms. The highest BCUT2D eigenvalue weighted by atomic mass is 16.5. The van der Waals surface area contributed by atoms with Crippen LogP contribution in [0.4, 0.5) is 0 Å². The van der Waals surface area contributed by atoms with Crippen LogP contribution in [0.15, 0.2) is 11.8 Å². The van der Waals surface area contributed by atoms with Crippen molar-refractivity contribution in [3.63, 3.8) is 0 Å². The summed E-state index contributed by atoms with van der Waals surface area (Å²) in [6.45, 7) is 4.93. The summed E-state index contributed by atoms with van der Waals surface area (Å²) in [6.07, 6.45) is 6.60. The molecule has 13 heavy (non-hydrogen) atoms. The number of hydrogen-bond acceptors (Lipinski definition) is 2. The van der Waals surface area contributed by atoms with Gasteiger partial charge in [0.05, 0.1) is 6.61 Å². The number of aliphatic hydroxyl groups is 1. The monoisotopic (exact) mass is 184 g/mol. The molecule has 0 aliphatic carbocycles. The van der Waals surface area contributed by atoms with E-state index in [1.807, 2.05) is 6.08 Å². The molecule has 0 saturated heterocycles. The van der Waals surface area contributed by atoms with Crippen LogP contribution < -0.4 is 0 Å². The molecular weight excluding hydrogens is 164 g/mol. The first kappa shape index (κ1) is 10.6. The third kappa shape index (κ3) is 2.47. The lowest BCUT2D eigenvalue weighted by Gasteiger charge is -2.28. The van der Waals surface area contributed by atoms with Gasteiger partial charge in [-0.15, -0.1) is 0 Å². The molecule has 0 radical (unpaired) electrons. The molecule has 0 atom stereocenters. The largest absolute Gasteiger partial charge is 0.495 e. The Morgan fingerprint density at radius 3 is 2.38 bits per heavy atom. The van der Waals surface area contributed by atoms with Crippen LogP contribution in [0, 0.1) is 0 Å². The molecule has 0 aromatic carbocycles. The molecule has 1 aliphatic rings. The van der Waals surface area contributed by atoms with Crippen molar-refractivity contribution in [3.8, 4) is 0 Å². The summed E-state index contributed by atoms with van der Waals surface area (Å²) in [6, 6.07) is 0. The van der Waals surface area contributed by atoms with Crippen molar-refractivity contribution in [3.05, 3.63) is 11.8 Å². The van der Waals surface area contributed by atoms with Crippen molar-refractivity contribution < 1.29 is 9.84 Å². The van der Waals surface area contributed by atoms with Gasteiger partial charge in [-0.3, -0.25) is 0 Å². The maximum Gasteiger partial charge on any atom is 0.124 e. The van der Waals surface area contributed by atoms with Gasteiger partial charge in [-0.05, 0) is 18.9 Å². The molecule has 0 spiro atoms. The van der Waals surface area contributed by atoms with Crippen LogP contribution in [0.1, 0.15) is 46.0 Å². The molecule has 1 aliphatic heterocycles. The van der Waals surface area contributed by atoms with Crippen molar-refractivity contribution in [2.24, 2.45) is 0 Å². The number of hydrogen-bond donors (Lipinski definition) is 1. The van der Waals surface area contributed by atoms with Gasteiger partial charge in [0.15, 0.2) is 0 Å². The molecular formula is C11H20O2. The van der Waals surface area contributed by atoms with Crippen molar-refractivity contribution in [2.75, 3.05) is 6.61 Å². The van der Waals surface area contributed by atoms with E-state index in [4.69, 9.17) is 4.74 Å². The Labute approximate surface area is 80.6 Å². The van der Waals surface area contributed by atoms with Crippen molar-refractivity contribution >= 4 is 0 Å². The summed E-state index contributed by atoms with van der Waals surface area (Å²) in [4.78, 5) is 0. The fourth-order valence-electron chi connectivity index (χ4n) is 1.94. The van der Waals surface area contributed by atoms with Crippen LogP contribution in [-0.2, 0) is 4.74 Å². The molecule has 0 fully saturated rings. The van der Waals surface area contributed by atoms with E-state index in [-0.39, 0.29) is 0 Å². The van der Waals surface area contributed by atoms with Crippen LogP contribution >= 0.6 is 0 Å². The number of ether oxygens (including phenoxy) is 1. The standard InChI is InChI=1S/C11H20O2/c1-3-7-11(12,8-4-2)10-6-5-9-13-10/h6,12H,3-5,7-9H2,1-2H3. The van der Waals surface area contributed by atoms with Gasteiger partial charge in [0.2, 0.25) is 0 Å². The van der Waals surface area contributed by atoms with Gasteiger partial charge in [-0.2, -0.15) is 0 Å². The summed E-state index contributed by atoms with van der Waals surface area (Å²) in [5.41, 5.74) is -0.681. The van der Waals surface area contributed by atoms with Gasteiger partial charge >= 0.3 is 0 Å². The first-order valence-electron chi connectivity index (χ1n) is 5.28. The van der Waals surface area contributed by atoms with Gasteiger partial charge < -0.3 is 9.84 Å². The fraction of sp³-hybridized carbons (Fsp3) is 0.818. The molecule has 0 unspecified atom stereocenters. The summed E-state index contributed by atoms with van der Waals surface area (Å²) >= 11 is 0. The second-order valence-corrected chi connectivity index (χ2v) is 3.74. The van der Waals surface area contributed by atoms with Crippen LogP contribution in [0.3, 0.4) is 0 Å². The van der Waals surface area contributed by atoms with E-state index in [0.717, 1.165) is 44.5 Å². The van der Waals surface area contributed by atoms with Gasteiger partial charge in [0, 0.05) is 6.42 Å². The minimum atomic E-state index is -0.681. The Kier molecular flexibility index (Phi) is 3.79. The molecule has 0 bridgehead atoms. The maximum absolute atomic E-state index is 10.3. The smallest absolute Gasteiger partial charge is 0.124 e. The van der Waals surface area contributed by atoms with Gasteiger partial charge in [-0.1, -0.05) is 26.7 Å². The summed E-state index contributed by atoms with van der Waals surface area (Å²) < 4.78 is 5.43. The second-order valence-electron chi connectivity index (χ2n) is 3.74. The first-order chi connectivity index (χ1) is 6.23. The Balaban J connectivity index is 2.64. The molecule has 1 N–H and O–H groups in total. The van der Waals surface area contributed by atoms with E-state index in [2.05, 4.69) is 13.8 Å². The van der Waals surface area contributed by atoms with Crippen LogP contribution in [0.2, 0.25) is 0 Å². The zero-order valence-corrected chi connectivity index (χ0v) is 8.68. The van der Waals surface area contributed by atoms with E-state index in [1.165, 1.54) is 0 Å². The maximum atomic E-state index is 10.3. The van der Waals surface area contributed by atoms with E-state index >= 15 is 0 Å². The average molecular weight is 184 g/mol. The average Bonchev–Trinajstić information content (AvgIpc) is 2.57. The lowest BCUT2D eigenvalue weighted by Crippen LogP contribution is -2.31. The van der Waals surface area contributed by atoms with Gasteiger partial charge in [-0.25, -0.2) is 0 Å². The summed E-state index contributed by atoms with van der Waals surface area (Å²) in [5.74, 6) is 0.816. The fourth-order valence-corrected chi connectivity index (χ4v) is 1.94. The molecule has 0 amide bonds. The molecule has 1 heterocycles. The van der Waals surface area contributed by atoms with Crippen LogP contribution in [0.25, 0.3) is 0 Å². The van der Waals surface area contributed by atoms with E-state index in [1.54, 1.807) is 0 Å². The summed E-state index contributed by atoms with van der Waals surface area (Å²) in [7, 11) is 0. The highest BCUT2D eigenvalue weighted by molar-refractivity contribution is 5.12. The molecule has 0 aromatic rings. The zero-order chi connectivity index (χ0) is 9.73. The van der Waals surface area contributed by atoms with Crippen molar-refractivity contribution in [1.29, 1.82) is 0 Å². The van der Waals surface area contributed by atoms with E-state index in [9.17, 15) is 5.11 Å². The Hall–Kier alpha value is -0.500. The van der Waals surface area contributed by atoms with Crippen molar-refractivity contribution in [2.45, 2.75) is 51.6 Å². The van der Waals surface area contributed by atoms with Crippen LogP contribution in [-0.4, -0.2) is 17.3 Å². The Morgan fingerprint density at radius 1 is 1.38 bits per heavy atom. The van der Waals surface area contributed by atoms with Crippen molar-refractivity contribution in [1.82, 2.24) is 0 Å². The molecule has 0 aromatic heterocycles. The van der Waals surface area contributed by atoms with Gasteiger partial charge in [0.1, 0.15) is 11.4 Å². The van der Waals surface area contributed by atoms with E-state index < -0.39 is 5.60 Å². The minimum absolute atomic E-state index is 0.681. The quantitative estimate of drug-likeness (QED) is 0.711. The third-order valence-corrected chi connectivity index (χ3v) is 2.49. The highest BCUT2D eigenvalue weighted by Crippen LogP contribution is 2.31.